The summed E-state index contributed by atoms with van der Waals surface area (Å²) in [5, 5.41) is 10.9. The molecule has 1 aliphatic rings. The Morgan fingerprint density at radius 1 is 1.04 bits per heavy atom. The quantitative estimate of drug-likeness (QED) is 0.891. The zero-order valence-corrected chi connectivity index (χ0v) is 13.6. The van der Waals surface area contributed by atoms with Gasteiger partial charge >= 0.3 is 6.61 Å². The molecular weight excluding hydrogens is 328 g/mol. The predicted octanol–water partition coefficient (Wildman–Crippen LogP) is 3.88. The van der Waals surface area contributed by atoms with Crippen LogP contribution in [0.1, 0.15) is 25.7 Å². The number of hydrogen-bond acceptors (Lipinski definition) is 4. The lowest BCUT2D eigenvalue weighted by molar-refractivity contribution is -0.171. The minimum Gasteiger partial charge on any atom is -0.320 e. The van der Waals surface area contributed by atoms with Crippen LogP contribution in [0.15, 0.2) is 42.5 Å². The van der Waals surface area contributed by atoms with E-state index in [1.54, 1.807) is 12.1 Å². The maximum atomic E-state index is 12.3. The fourth-order valence-electron chi connectivity index (χ4n) is 3.00. The highest BCUT2D eigenvalue weighted by Crippen LogP contribution is 2.28. The first kappa shape index (κ1) is 17.4. The highest BCUT2D eigenvalue weighted by atomic mass is 19.3. The van der Waals surface area contributed by atoms with E-state index >= 15 is 0 Å². The molecule has 1 aromatic heterocycles. The number of amides is 1. The molecular formula is C18H19F2N3O2. The van der Waals surface area contributed by atoms with E-state index in [-0.39, 0.29) is 11.8 Å². The van der Waals surface area contributed by atoms with Gasteiger partial charge in [-0.1, -0.05) is 30.3 Å². The van der Waals surface area contributed by atoms with Crippen LogP contribution in [0.25, 0.3) is 11.3 Å². The molecule has 0 aliphatic heterocycles. The largest absolute Gasteiger partial charge is 0.345 e. The highest BCUT2D eigenvalue weighted by molar-refractivity contribution is 5.91. The molecule has 0 unspecified atom stereocenters. The Morgan fingerprint density at radius 2 is 1.76 bits per heavy atom. The van der Waals surface area contributed by atoms with Crippen molar-refractivity contribution in [2.45, 2.75) is 38.4 Å². The van der Waals surface area contributed by atoms with Crippen molar-refractivity contribution >= 4 is 11.7 Å². The summed E-state index contributed by atoms with van der Waals surface area (Å²) in [6, 6.07) is 13.1. The minimum atomic E-state index is -2.76. The number of benzene rings is 1. The molecule has 5 nitrogen and oxygen atoms in total. The number of alkyl halides is 2. The standard InChI is InChI=1S/C18H19F2N3O2/c19-18(20)25-14-8-6-13(7-9-14)17(24)21-16-11-10-15(22-23-16)12-4-2-1-3-5-12/h1-5,10-11,13-14,18H,6-9H2,(H,21,23,24). The number of anilines is 1. The van der Waals surface area contributed by atoms with Crippen LogP contribution in [0, 0.1) is 5.92 Å². The molecule has 1 aliphatic carbocycles. The lowest BCUT2D eigenvalue weighted by Gasteiger charge is -2.27. The van der Waals surface area contributed by atoms with Gasteiger partial charge in [0.2, 0.25) is 5.91 Å². The van der Waals surface area contributed by atoms with Gasteiger partial charge in [0.15, 0.2) is 5.82 Å². The van der Waals surface area contributed by atoms with Gasteiger partial charge in [0.05, 0.1) is 11.8 Å². The number of carbonyl (C=O) groups is 1. The van der Waals surface area contributed by atoms with Gasteiger partial charge in [0.25, 0.3) is 0 Å². The van der Waals surface area contributed by atoms with E-state index in [4.69, 9.17) is 0 Å². The summed E-state index contributed by atoms with van der Waals surface area (Å²) in [7, 11) is 0. The average Bonchev–Trinajstić information content (AvgIpc) is 2.63. The Hall–Kier alpha value is -2.41. The minimum absolute atomic E-state index is 0.155. The molecule has 3 rings (SSSR count). The summed E-state index contributed by atoms with van der Waals surface area (Å²) in [5.41, 5.74) is 1.67. The average molecular weight is 347 g/mol. The number of rotatable bonds is 5. The molecule has 1 aromatic carbocycles. The van der Waals surface area contributed by atoms with Crippen LogP contribution in [0.5, 0.6) is 0 Å². The van der Waals surface area contributed by atoms with E-state index in [0.29, 0.717) is 31.5 Å². The van der Waals surface area contributed by atoms with Crippen molar-refractivity contribution in [3.63, 3.8) is 0 Å². The van der Waals surface area contributed by atoms with Crippen LogP contribution in [-0.4, -0.2) is 28.8 Å². The van der Waals surface area contributed by atoms with E-state index in [1.165, 1.54) is 0 Å². The summed E-state index contributed by atoms with van der Waals surface area (Å²) >= 11 is 0. The molecule has 0 saturated heterocycles. The van der Waals surface area contributed by atoms with Gasteiger partial charge in [0.1, 0.15) is 0 Å². The molecule has 0 spiro atoms. The van der Waals surface area contributed by atoms with Crippen molar-refractivity contribution in [3.8, 4) is 11.3 Å². The predicted molar refractivity (Wildman–Crippen MR) is 88.9 cm³/mol. The Kier molecular flexibility index (Phi) is 5.65. The van der Waals surface area contributed by atoms with Gasteiger partial charge in [-0.25, -0.2) is 0 Å². The zero-order chi connectivity index (χ0) is 17.6. The van der Waals surface area contributed by atoms with E-state index in [2.05, 4.69) is 20.3 Å². The van der Waals surface area contributed by atoms with Crippen molar-refractivity contribution in [1.82, 2.24) is 10.2 Å². The van der Waals surface area contributed by atoms with Gasteiger partial charge in [-0.05, 0) is 37.8 Å². The molecule has 1 saturated carbocycles. The molecule has 25 heavy (non-hydrogen) atoms. The van der Waals surface area contributed by atoms with Crippen LogP contribution in [0.2, 0.25) is 0 Å². The van der Waals surface area contributed by atoms with Gasteiger partial charge in [-0.15, -0.1) is 10.2 Å². The second-order valence-electron chi connectivity index (χ2n) is 6.03. The van der Waals surface area contributed by atoms with Crippen molar-refractivity contribution in [2.75, 3.05) is 5.32 Å². The Balaban J connectivity index is 1.53. The molecule has 0 atom stereocenters. The fourth-order valence-corrected chi connectivity index (χ4v) is 3.00. The zero-order valence-electron chi connectivity index (χ0n) is 13.6. The fraction of sp³-hybridized carbons (Fsp3) is 0.389. The summed E-state index contributed by atoms with van der Waals surface area (Å²) < 4.78 is 28.9. The summed E-state index contributed by atoms with van der Waals surface area (Å²) in [4.78, 5) is 12.3. The maximum absolute atomic E-state index is 12.3. The van der Waals surface area contributed by atoms with Crippen LogP contribution in [-0.2, 0) is 9.53 Å². The second kappa shape index (κ2) is 8.11. The normalized spacial score (nSPS) is 20.4. The van der Waals surface area contributed by atoms with E-state index in [0.717, 1.165) is 11.3 Å². The number of halogens is 2. The monoisotopic (exact) mass is 347 g/mol. The molecule has 1 amide bonds. The lowest BCUT2D eigenvalue weighted by Crippen LogP contribution is -2.31. The highest BCUT2D eigenvalue weighted by Gasteiger charge is 2.28. The van der Waals surface area contributed by atoms with Gasteiger partial charge in [-0.2, -0.15) is 8.78 Å². The first-order valence-electron chi connectivity index (χ1n) is 8.25. The lowest BCUT2D eigenvalue weighted by atomic mass is 9.87. The Morgan fingerprint density at radius 3 is 2.36 bits per heavy atom. The summed E-state index contributed by atoms with van der Waals surface area (Å²) in [5.74, 6) is 0.0148. The number of carbonyl (C=O) groups excluding carboxylic acids is 1. The van der Waals surface area contributed by atoms with Gasteiger partial charge in [0, 0.05) is 11.5 Å². The molecule has 132 valence electrons. The number of nitrogens with one attached hydrogen (secondary N) is 1. The number of ether oxygens (including phenoxy) is 1. The third-order valence-corrected chi connectivity index (χ3v) is 4.33. The molecule has 1 heterocycles. The molecule has 7 heteroatoms. The van der Waals surface area contributed by atoms with Crippen LogP contribution < -0.4 is 5.32 Å². The first-order chi connectivity index (χ1) is 12.1. The third-order valence-electron chi connectivity index (χ3n) is 4.33. The number of aromatic nitrogens is 2. The Labute approximate surface area is 144 Å². The van der Waals surface area contributed by atoms with Crippen molar-refractivity contribution in [2.24, 2.45) is 5.92 Å². The van der Waals surface area contributed by atoms with E-state index in [1.807, 2.05) is 30.3 Å². The Bertz CT molecular complexity index is 687. The molecule has 2 aromatic rings. The summed E-state index contributed by atoms with van der Waals surface area (Å²) in [6.07, 6.45) is 1.51. The number of hydrogen-bond donors (Lipinski definition) is 1. The van der Waals surface area contributed by atoms with Crippen LogP contribution in [0.4, 0.5) is 14.6 Å². The topological polar surface area (TPSA) is 64.1 Å². The van der Waals surface area contributed by atoms with Crippen molar-refractivity contribution < 1.29 is 18.3 Å². The van der Waals surface area contributed by atoms with Crippen molar-refractivity contribution in [3.05, 3.63) is 42.5 Å². The third kappa shape index (κ3) is 4.79. The second-order valence-corrected chi connectivity index (χ2v) is 6.03. The van der Waals surface area contributed by atoms with E-state index < -0.39 is 12.7 Å². The smallest absolute Gasteiger partial charge is 0.320 e. The molecule has 1 N–H and O–H groups in total. The SMILES string of the molecule is O=C(Nc1ccc(-c2ccccc2)nn1)C1CCC(OC(F)F)CC1. The van der Waals surface area contributed by atoms with Gasteiger partial charge in [-0.3, -0.25) is 4.79 Å². The maximum Gasteiger partial charge on any atom is 0.345 e. The van der Waals surface area contributed by atoms with Gasteiger partial charge < -0.3 is 10.1 Å². The molecule has 0 bridgehead atoms. The van der Waals surface area contributed by atoms with E-state index in [9.17, 15) is 13.6 Å². The molecule has 0 radical (unpaired) electrons. The summed E-state index contributed by atoms with van der Waals surface area (Å²) in [6.45, 7) is -2.76. The number of nitrogens with zero attached hydrogens (tertiary/aromatic N) is 2. The molecule has 1 fully saturated rings. The van der Waals surface area contributed by atoms with Crippen molar-refractivity contribution in [1.29, 1.82) is 0 Å². The van der Waals surface area contributed by atoms with Crippen LogP contribution in [0.3, 0.4) is 0 Å². The van der Waals surface area contributed by atoms with Crippen LogP contribution >= 0.6 is 0 Å². The first-order valence-corrected chi connectivity index (χ1v) is 8.25.